The second-order valence-corrected chi connectivity index (χ2v) is 11.6. The van der Waals surface area contributed by atoms with Crippen LogP contribution in [0.15, 0.2) is 17.7 Å². The van der Waals surface area contributed by atoms with Gasteiger partial charge in [0.15, 0.2) is 11.4 Å². The number of Topliss-reactive ketones (excluding diaryl/α,β-unsaturated/α-hetero) is 2. The van der Waals surface area contributed by atoms with Crippen LogP contribution in [-0.2, 0) is 19.8 Å². The van der Waals surface area contributed by atoms with E-state index in [0.29, 0.717) is 11.1 Å². The van der Waals surface area contributed by atoms with Crippen molar-refractivity contribution in [3.63, 3.8) is 0 Å². The molecule has 2 unspecified atom stereocenters. The molecule has 7 N–H and O–H groups in total. The number of nitrogens with zero attached hydrogens (tertiary/aromatic N) is 1. The monoisotopic (exact) mass is 502 g/mol. The fourth-order valence-corrected chi connectivity index (χ4v) is 6.58. The molecule has 0 heterocycles. The van der Waals surface area contributed by atoms with E-state index >= 15 is 0 Å². The molecular formula is C26H34N2O8. The van der Waals surface area contributed by atoms with E-state index in [4.69, 9.17) is 5.73 Å². The van der Waals surface area contributed by atoms with Crippen LogP contribution >= 0.6 is 0 Å². The van der Waals surface area contributed by atoms with Gasteiger partial charge in [0.1, 0.15) is 17.4 Å². The van der Waals surface area contributed by atoms with Crippen molar-refractivity contribution in [1.82, 2.24) is 4.90 Å². The van der Waals surface area contributed by atoms with E-state index in [1.54, 1.807) is 19.1 Å². The molecular weight excluding hydrogens is 468 g/mol. The lowest BCUT2D eigenvalue weighted by Crippen LogP contribution is -2.76. The molecule has 10 nitrogen and oxygen atoms in total. The predicted molar refractivity (Wildman–Crippen MR) is 129 cm³/mol. The van der Waals surface area contributed by atoms with Gasteiger partial charge < -0.3 is 36.2 Å². The first-order valence-electron chi connectivity index (χ1n) is 11.9. The van der Waals surface area contributed by atoms with Gasteiger partial charge in [-0.1, -0.05) is 39.8 Å². The van der Waals surface area contributed by atoms with Gasteiger partial charge in [-0.25, -0.2) is 0 Å². The van der Waals surface area contributed by atoms with Crippen molar-refractivity contribution in [1.29, 1.82) is 0 Å². The normalized spacial score (nSPS) is 36.4. The molecule has 10 heteroatoms. The molecule has 196 valence electrons. The number of hydrogen-bond donors (Lipinski definition) is 6. The van der Waals surface area contributed by atoms with Crippen molar-refractivity contribution < 1.29 is 39.9 Å². The summed E-state index contributed by atoms with van der Waals surface area (Å²) >= 11 is 0. The summed E-state index contributed by atoms with van der Waals surface area (Å²) in [5, 5.41) is 56.7. The summed E-state index contributed by atoms with van der Waals surface area (Å²) in [6.07, 6.45) is -3.25. The number of phenolic OH excluding ortho intramolecular Hbond substituents is 1. The average molecular weight is 503 g/mol. The zero-order valence-corrected chi connectivity index (χ0v) is 21.2. The number of fused-ring (bicyclic) bond motifs is 3. The van der Waals surface area contributed by atoms with Crippen LogP contribution < -0.4 is 5.73 Å². The lowest BCUT2D eigenvalue weighted by Gasteiger charge is -2.56. The molecule has 1 amide bonds. The van der Waals surface area contributed by atoms with Crippen LogP contribution in [0.1, 0.15) is 50.3 Å². The number of aliphatic hydroxyl groups is 4. The van der Waals surface area contributed by atoms with E-state index in [2.05, 4.69) is 0 Å². The lowest BCUT2D eigenvalue weighted by atomic mass is 9.51. The van der Waals surface area contributed by atoms with Crippen LogP contribution in [0, 0.1) is 17.8 Å². The van der Waals surface area contributed by atoms with E-state index in [9.17, 15) is 39.9 Å². The van der Waals surface area contributed by atoms with E-state index in [1.165, 1.54) is 19.0 Å². The van der Waals surface area contributed by atoms with Crippen molar-refractivity contribution in [3.05, 3.63) is 34.4 Å². The highest BCUT2D eigenvalue weighted by atomic mass is 16.3. The molecule has 8 atom stereocenters. The van der Waals surface area contributed by atoms with Crippen molar-refractivity contribution in [2.45, 2.75) is 62.9 Å². The van der Waals surface area contributed by atoms with Crippen LogP contribution in [0.5, 0.6) is 5.75 Å². The summed E-state index contributed by atoms with van der Waals surface area (Å²) in [4.78, 5) is 40.9. The molecule has 2 saturated carbocycles. The summed E-state index contributed by atoms with van der Waals surface area (Å²) in [5.41, 5.74) is 2.55. The highest BCUT2D eigenvalue weighted by Gasteiger charge is 2.71. The zero-order chi connectivity index (χ0) is 27.2. The average Bonchev–Trinajstić information content (AvgIpc) is 2.75. The summed E-state index contributed by atoms with van der Waals surface area (Å²) in [7, 11) is 3.04. The summed E-state index contributed by atoms with van der Waals surface area (Å²) in [6.45, 7) is 7.32. The molecule has 2 fully saturated rings. The minimum Gasteiger partial charge on any atom is -0.507 e. The van der Waals surface area contributed by atoms with Crippen molar-refractivity contribution in [3.8, 4) is 5.75 Å². The maximum absolute atomic E-state index is 13.9. The Kier molecular flexibility index (Phi) is 5.92. The molecule has 3 aliphatic rings. The molecule has 0 spiro atoms. The SMILES string of the molecule is C[C@H]1c2ccc(C(C)(C)C)c(O)c2C(O)=C2C(=O)[C@]3(O)C(=O)C(C(N)=O)C(O)[C@@H](N(C)C)[C@@H]3[C@@H](O)[C@@H]21. The molecule has 0 aromatic heterocycles. The first-order valence-corrected chi connectivity index (χ1v) is 11.9. The fourth-order valence-electron chi connectivity index (χ4n) is 6.58. The largest absolute Gasteiger partial charge is 0.507 e. The number of amides is 1. The van der Waals surface area contributed by atoms with Crippen molar-refractivity contribution in [2.75, 3.05) is 14.1 Å². The smallest absolute Gasteiger partial charge is 0.230 e. The Bertz CT molecular complexity index is 1200. The van der Waals surface area contributed by atoms with Crippen molar-refractivity contribution in [2.24, 2.45) is 23.5 Å². The van der Waals surface area contributed by atoms with Crippen LogP contribution in [-0.4, -0.2) is 85.9 Å². The van der Waals surface area contributed by atoms with Gasteiger partial charge in [-0.2, -0.15) is 0 Å². The van der Waals surface area contributed by atoms with Gasteiger partial charge in [-0.15, -0.1) is 0 Å². The number of primary amides is 1. The minimum absolute atomic E-state index is 0.00248. The molecule has 3 aliphatic carbocycles. The topological polar surface area (TPSA) is 182 Å². The molecule has 0 radical (unpaired) electrons. The Labute approximate surface area is 209 Å². The minimum atomic E-state index is -2.93. The third-order valence-corrected chi connectivity index (χ3v) is 8.30. The zero-order valence-electron chi connectivity index (χ0n) is 21.2. The molecule has 4 rings (SSSR count). The van der Waals surface area contributed by atoms with Crippen LogP contribution in [0.3, 0.4) is 0 Å². The van der Waals surface area contributed by atoms with Gasteiger partial charge in [0.05, 0.1) is 17.8 Å². The third kappa shape index (κ3) is 3.21. The number of aromatic hydroxyl groups is 1. The number of aliphatic hydroxyl groups excluding tert-OH is 3. The van der Waals surface area contributed by atoms with Gasteiger partial charge in [-0.3, -0.25) is 14.4 Å². The van der Waals surface area contributed by atoms with Gasteiger partial charge in [0.2, 0.25) is 11.7 Å². The number of benzene rings is 1. The molecule has 0 bridgehead atoms. The first-order chi connectivity index (χ1) is 16.5. The number of rotatable bonds is 2. The lowest BCUT2D eigenvalue weighted by molar-refractivity contribution is -0.199. The second-order valence-electron chi connectivity index (χ2n) is 11.6. The number of ketones is 2. The fraction of sp³-hybridized carbons (Fsp3) is 0.577. The van der Waals surface area contributed by atoms with Crippen LogP contribution in [0.2, 0.25) is 0 Å². The van der Waals surface area contributed by atoms with Crippen LogP contribution in [0.25, 0.3) is 5.76 Å². The highest BCUT2D eigenvalue weighted by Crippen LogP contribution is 2.56. The van der Waals surface area contributed by atoms with E-state index in [-0.39, 0.29) is 11.3 Å². The summed E-state index contributed by atoms with van der Waals surface area (Å²) in [5.74, 6) is -9.66. The van der Waals surface area contributed by atoms with Gasteiger partial charge in [0, 0.05) is 29.0 Å². The molecule has 1 aromatic rings. The van der Waals surface area contributed by atoms with Gasteiger partial charge in [0.25, 0.3) is 0 Å². The number of carbonyl (C=O) groups excluding carboxylic acids is 3. The Morgan fingerprint density at radius 3 is 2.17 bits per heavy atom. The number of hydrogen-bond acceptors (Lipinski definition) is 9. The maximum atomic E-state index is 13.9. The summed E-state index contributed by atoms with van der Waals surface area (Å²) < 4.78 is 0. The van der Waals surface area contributed by atoms with Gasteiger partial charge >= 0.3 is 0 Å². The molecule has 0 aliphatic heterocycles. The third-order valence-electron chi connectivity index (χ3n) is 8.30. The number of likely N-dealkylation sites (N-methyl/N-ethyl adjacent to an activating group) is 1. The van der Waals surface area contributed by atoms with Crippen LogP contribution in [0.4, 0.5) is 0 Å². The number of carbonyl (C=O) groups is 3. The van der Waals surface area contributed by atoms with Gasteiger partial charge in [-0.05, 0) is 31.0 Å². The number of phenols is 1. The quantitative estimate of drug-likeness (QED) is 0.302. The van der Waals surface area contributed by atoms with Crippen molar-refractivity contribution >= 4 is 23.2 Å². The van der Waals surface area contributed by atoms with E-state index in [0.717, 1.165) is 0 Å². The second kappa shape index (κ2) is 8.11. The molecule has 36 heavy (non-hydrogen) atoms. The Morgan fingerprint density at radius 2 is 1.67 bits per heavy atom. The highest BCUT2D eigenvalue weighted by molar-refractivity contribution is 6.25. The Hall–Kier alpha value is -2.79. The standard InChI is InChI=1S/C26H34N2O8/c1-9-10-7-8-11(25(2,3)4)18(29)13(10)19(30)14-12(9)20(31)16-17(28(5)6)21(32)15(24(27)35)23(34)26(16,36)22(14)33/h7-9,12,15-17,20-21,29-32,36H,1-6H3,(H2,27,35)/t9-,12+,15?,16+,17-,20-,21?,26-/m0/s1. The molecule has 0 saturated heterocycles. The Morgan fingerprint density at radius 1 is 1.08 bits per heavy atom. The maximum Gasteiger partial charge on any atom is 0.230 e. The van der Waals surface area contributed by atoms with E-state index < -0.39 is 81.7 Å². The predicted octanol–water partition coefficient (Wildman–Crippen LogP) is -0.0417. The summed E-state index contributed by atoms with van der Waals surface area (Å²) in [6, 6.07) is 2.27. The van der Waals surface area contributed by atoms with E-state index in [1.807, 2.05) is 20.8 Å². The number of nitrogens with two attached hydrogens (primary N) is 1. The molecule has 1 aromatic carbocycles. The Balaban J connectivity index is 2.02. The first kappa shape index (κ1) is 26.3.